The maximum absolute atomic E-state index is 12.9. The topological polar surface area (TPSA) is 33.5 Å². The molecule has 1 aromatic rings. The van der Waals surface area contributed by atoms with Gasteiger partial charge in [-0.1, -0.05) is 66.2 Å². The van der Waals surface area contributed by atoms with Crippen molar-refractivity contribution in [3.63, 3.8) is 0 Å². The highest BCUT2D eigenvalue weighted by Crippen LogP contribution is 2.20. The van der Waals surface area contributed by atoms with E-state index in [0.29, 0.717) is 17.6 Å². The van der Waals surface area contributed by atoms with Crippen molar-refractivity contribution >= 4 is 5.91 Å². The minimum atomic E-state index is 0.0601. The molecule has 3 heteroatoms. The van der Waals surface area contributed by atoms with E-state index in [2.05, 4.69) is 32.6 Å². The lowest BCUT2D eigenvalue weighted by molar-refractivity contribution is 0.0653. The second-order valence-electron chi connectivity index (χ2n) is 7.02. The molecule has 0 bridgehead atoms. The van der Waals surface area contributed by atoms with E-state index in [1.807, 2.05) is 0 Å². The molecule has 0 spiro atoms. The van der Waals surface area contributed by atoms with Gasteiger partial charge in [-0.15, -0.1) is 0 Å². The summed E-state index contributed by atoms with van der Waals surface area (Å²) in [4.78, 5) is 15.0. The summed E-state index contributed by atoms with van der Waals surface area (Å²) in [6.45, 7) is 10.7. The summed E-state index contributed by atoms with van der Waals surface area (Å²) in [6.07, 6.45) is 11.2. The van der Waals surface area contributed by atoms with Crippen LogP contribution in [-0.2, 0) is 0 Å². The fourth-order valence-electron chi connectivity index (χ4n) is 3.25. The summed E-state index contributed by atoms with van der Waals surface area (Å²) in [6, 6.07) is 3.59. The van der Waals surface area contributed by atoms with Crippen LogP contribution in [0.3, 0.4) is 0 Å². The molecule has 138 valence electrons. The maximum Gasteiger partial charge on any atom is 0.289 e. The van der Waals surface area contributed by atoms with Crippen LogP contribution in [-0.4, -0.2) is 23.9 Å². The summed E-state index contributed by atoms with van der Waals surface area (Å²) in [7, 11) is 0. The predicted molar refractivity (Wildman–Crippen MR) is 101 cm³/mol. The molecule has 0 aromatic carbocycles. The molecule has 0 fully saturated rings. The first-order valence-electron chi connectivity index (χ1n) is 9.98. The standard InChI is InChI=1S/C21H37NO2/c1-5-9-12-18(7-3)16-22(17-19(8-4)13-10-6-2)21(23)20-14-11-15-24-20/h11,14-15,18-19H,5-10,12-13,16-17H2,1-4H3. The normalized spacial score (nSPS) is 13.7. The van der Waals surface area contributed by atoms with E-state index in [4.69, 9.17) is 4.42 Å². The van der Waals surface area contributed by atoms with Crippen LogP contribution in [0.5, 0.6) is 0 Å². The second-order valence-corrected chi connectivity index (χ2v) is 7.02. The summed E-state index contributed by atoms with van der Waals surface area (Å²) in [5.74, 6) is 1.72. The zero-order valence-electron chi connectivity index (χ0n) is 16.2. The third kappa shape index (κ3) is 7.11. The van der Waals surface area contributed by atoms with E-state index in [0.717, 1.165) is 25.9 Å². The van der Waals surface area contributed by atoms with Gasteiger partial charge in [0.05, 0.1) is 6.26 Å². The zero-order valence-corrected chi connectivity index (χ0v) is 16.2. The van der Waals surface area contributed by atoms with E-state index in [1.165, 1.54) is 38.5 Å². The number of unbranched alkanes of at least 4 members (excludes halogenated alkanes) is 2. The SMILES string of the molecule is CCCCC(CC)CN(CC(CC)CCCC)C(=O)c1ccco1. The number of hydrogen-bond acceptors (Lipinski definition) is 2. The van der Waals surface area contributed by atoms with Crippen molar-refractivity contribution in [3.05, 3.63) is 24.2 Å². The van der Waals surface area contributed by atoms with Crippen LogP contribution >= 0.6 is 0 Å². The van der Waals surface area contributed by atoms with Gasteiger partial charge in [0, 0.05) is 13.1 Å². The van der Waals surface area contributed by atoms with Crippen LogP contribution in [0.4, 0.5) is 0 Å². The highest BCUT2D eigenvalue weighted by molar-refractivity contribution is 5.91. The molecule has 1 amide bonds. The Labute approximate surface area is 148 Å². The van der Waals surface area contributed by atoms with Crippen LogP contribution in [0.1, 0.15) is 89.6 Å². The van der Waals surface area contributed by atoms with Crippen LogP contribution in [0.2, 0.25) is 0 Å². The van der Waals surface area contributed by atoms with Crippen LogP contribution < -0.4 is 0 Å². The van der Waals surface area contributed by atoms with Gasteiger partial charge in [-0.05, 0) is 36.8 Å². The van der Waals surface area contributed by atoms with Crippen molar-refractivity contribution in [2.45, 2.75) is 79.1 Å². The quantitative estimate of drug-likeness (QED) is 0.433. The summed E-state index contributed by atoms with van der Waals surface area (Å²) < 4.78 is 5.38. The molecule has 0 saturated heterocycles. The third-order valence-corrected chi connectivity index (χ3v) is 5.06. The second kappa shape index (κ2) is 12.2. The number of hydrogen-bond donors (Lipinski definition) is 0. The lowest BCUT2D eigenvalue weighted by atomic mass is 9.95. The van der Waals surface area contributed by atoms with Crippen molar-refractivity contribution in [1.82, 2.24) is 4.90 Å². The van der Waals surface area contributed by atoms with E-state index in [1.54, 1.807) is 18.4 Å². The fraction of sp³-hybridized carbons (Fsp3) is 0.762. The van der Waals surface area contributed by atoms with Gasteiger partial charge < -0.3 is 9.32 Å². The number of amides is 1. The van der Waals surface area contributed by atoms with Crippen LogP contribution in [0, 0.1) is 11.8 Å². The first kappa shape index (κ1) is 20.8. The van der Waals surface area contributed by atoms with Gasteiger partial charge in [-0.2, -0.15) is 0 Å². The highest BCUT2D eigenvalue weighted by Gasteiger charge is 2.23. The number of nitrogens with zero attached hydrogens (tertiary/aromatic N) is 1. The molecular formula is C21H37NO2. The van der Waals surface area contributed by atoms with Crippen molar-refractivity contribution in [1.29, 1.82) is 0 Å². The lowest BCUT2D eigenvalue weighted by Crippen LogP contribution is -2.38. The van der Waals surface area contributed by atoms with Crippen molar-refractivity contribution < 1.29 is 9.21 Å². The molecular weight excluding hydrogens is 298 g/mol. The van der Waals surface area contributed by atoms with Gasteiger partial charge in [0.25, 0.3) is 5.91 Å². The van der Waals surface area contributed by atoms with E-state index in [9.17, 15) is 4.79 Å². The molecule has 0 aliphatic heterocycles. The van der Waals surface area contributed by atoms with Crippen LogP contribution in [0.25, 0.3) is 0 Å². The number of carbonyl (C=O) groups excluding carboxylic acids is 1. The summed E-state index contributed by atoms with van der Waals surface area (Å²) >= 11 is 0. The molecule has 2 atom stereocenters. The van der Waals surface area contributed by atoms with Crippen molar-refractivity contribution in [2.75, 3.05) is 13.1 Å². The van der Waals surface area contributed by atoms with Crippen molar-refractivity contribution in [2.24, 2.45) is 11.8 Å². The Morgan fingerprint density at radius 2 is 1.54 bits per heavy atom. The average Bonchev–Trinajstić information content (AvgIpc) is 3.14. The lowest BCUT2D eigenvalue weighted by Gasteiger charge is -2.30. The Hall–Kier alpha value is -1.25. The number of furan rings is 1. The molecule has 0 N–H and O–H groups in total. The van der Waals surface area contributed by atoms with Gasteiger partial charge in [-0.25, -0.2) is 0 Å². The summed E-state index contributed by atoms with van der Waals surface area (Å²) in [5.41, 5.74) is 0. The zero-order chi connectivity index (χ0) is 17.8. The average molecular weight is 336 g/mol. The Kier molecular flexibility index (Phi) is 10.5. The fourth-order valence-corrected chi connectivity index (χ4v) is 3.25. The van der Waals surface area contributed by atoms with Gasteiger partial charge in [0.15, 0.2) is 5.76 Å². The first-order valence-corrected chi connectivity index (χ1v) is 9.98. The Balaban J connectivity index is 2.79. The van der Waals surface area contributed by atoms with E-state index < -0.39 is 0 Å². The molecule has 24 heavy (non-hydrogen) atoms. The predicted octanol–water partition coefficient (Wildman–Crippen LogP) is 6.15. The van der Waals surface area contributed by atoms with E-state index >= 15 is 0 Å². The number of rotatable bonds is 13. The van der Waals surface area contributed by atoms with Gasteiger partial charge in [0.1, 0.15) is 0 Å². The Morgan fingerprint density at radius 1 is 1.00 bits per heavy atom. The Bertz CT molecular complexity index is 409. The molecule has 2 unspecified atom stereocenters. The van der Waals surface area contributed by atoms with Gasteiger partial charge in [0.2, 0.25) is 0 Å². The molecule has 0 aliphatic carbocycles. The molecule has 1 aromatic heterocycles. The molecule has 0 aliphatic rings. The maximum atomic E-state index is 12.9. The molecule has 1 heterocycles. The van der Waals surface area contributed by atoms with Crippen LogP contribution in [0.15, 0.2) is 22.8 Å². The largest absolute Gasteiger partial charge is 0.459 e. The number of carbonyl (C=O) groups is 1. The van der Waals surface area contributed by atoms with E-state index in [-0.39, 0.29) is 5.91 Å². The van der Waals surface area contributed by atoms with Gasteiger partial charge >= 0.3 is 0 Å². The van der Waals surface area contributed by atoms with Gasteiger partial charge in [-0.3, -0.25) is 4.79 Å². The minimum Gasteiger partial charge on any atom is -0.459 e. The molecule has 0 saturated carbocycles. The Morgan fingerprint density at radius 3 is 1.92 bits per heavy atom. The first-order chi connectivity index (χ1) is 11.7. The highest BCUT2D eigenvalue weighted by atomic mass is 16.3. The molecule has 3 nitrogen and oxygen atoms in total. The monoisotopic (exact) mass is 335 g/mol. The summed E-state index contributed by atoms with van der Waals surface area (Å²) in [5, 5.41) is 0. The third-order valence-electron chi connectivity index (χ3n) is 5.06. The minimum absolute atomic E-state index is 0.0601. The molecule has 1 rings (SSSR count). The molecule has 0 radical (unpaired) electrons. The smallest absolute Gasteiger partial charge is 0.289 e. The van der Waals surface area contributed by atoms with Crippen molar-refractivity contribution in [3.8, 4) is 0 Å².